The van der Waals surface area contributed by atoms with Crippen molar-refractivity contribution in [3.63, 3.8) is 0 Å². The van der Waals surface area contributed by atoms with Crippen molar-refractivity contribution >= 4 is 23.5 Å². The maximum absolute atomic E-state index is 10.8. The third-order valence-corrected chi connectivity index (χ3v) is 1.15. The molecular weight excluding hydrogens is 184 g/mol. The van der Waals surface area contributed by atoms with Crippen molar-refractivity contribution in [3.8, 4) is 0 Å². The standard InChI is InChI=1S/C7H9ClO4/c1-2-3-12-7(11)5(8)4-6(9)10/h4H,2-3H2,1H3,(H,9,10). The molecule has 5 heteroatoms. The van der Waals surface area contributed by atoms with E-state index in [1.54, 1.807) is 0 Å². The highest BCUT2D eigenvalue weighted by Gasteiger charge is 2.08. The Kier molecular flexibility index (Phi) is 5.12. The van der Waals surface area contributed by atoms with Crippen molar-refractivity contribution in [3.05, 3.63) is 11.1 Å². The molecule has 0 aromatic heterocycles. The van der Waals surface area contributed by atoms with Gasteiger partial charge in [0.05, 0.1) is 6.61 Å². The average Bonchev–Trinajstić information content (AvgIpc) is 1.98. The summed E-state index contributed by atoms with van der Waals surface area (Å²) in [4.78, 5) is 20.8. The Morgan fingerprint density at radius 2 is 2.17 bits per heavy atom. The van der Waals surface area contributed by atoms with Crippen molar-refractivity contribution in [2.45, 2.75) is 13.3 Å². The Bertz CT molecular complexity index is 209. The summed E-state index contributed by atoms with van der Waals surface area (Å²) in [6.07, 6.45) is 1.27. The lowest BCUT2D eigenvalue weighted by Crippen LogP contribution is -2.06. The zero-order valence-electron chi connectivity index (χ0n) is 6.54. The molecule has 0 spiro atoms. The molecular formula is C7H9ClO4. The Hall–Kier alpha value is -1.03. The average molecular weight is 193 g/mol. The van der Waals surface area contributed by atoms with Crippen LogP contribution in [0.5, 0.6) is 0 Å². The molecule has 0 atom stereocenters. The first-order valence-corrected chi connectivity index (χ1v) is 3.73. The maximum Gasteiger partial charge on any atom is 0.350 e. The molecule has 0 saturated heterocycles. The van der Waals surface area contributed by atoms with Crippen LogP contribution in [0.3, 0.4) is 0 Å². The van der Waals surface area contributed by atoms with E-state index >= 15 is 0 Å². The largest absolute Gasteiger partial charge is 0.478 e. The molecule has 0 aromatic rings. The number of aliphatic carboxylic acids is 1. The molecule has 4 nitrogen and oxygen atoms in total. The van der Waals surface area contributed by atoms with E-state index in [0.717, 1.165) is 0 Å². The molecule has 0 radical (unpaired) electrons. The predicted molar refractivity (Wildman–Crippen MR) is 42.8 cm³/mol. The van der Waals surface area contributed by atoms with Crippen LogP contribution in [0.25, 0.3) is 0 Å². The quantitative estimate of drug-likeness (QED) is 0.536. The van der Waals surface area contributed by atoms with Crippen LogP contribution >= 0.6 is 11.6 Å². The first-order valence-electron chi connectivity index (χ1n) is 3.35. The van der Waals surface area contributed by atoms with Crippen molar-refractivity contribution in [2.75, 3.05) is 6.61 Å². The van der Waals surface area contributed by atoms with Crippen LogP contribution in [-0.4, -0.2) is 23.7 Å². The molecule has 0 bridgehead atoms. The van der Waals surface area contributed by atoms with E-state index in [1.807, 2.05) is 6.92 Å². The van der Waals surface area contributed by atoms with Crippen LogP contribution in [0.15, 0.2) is 11.1 Å². The summed E-state index contributed by atoms with van der Waals surface area (Å²) in [7, 11) is 0. The number of carboxylic acids is 1. The molecule has 0 aliphatic heterocycles. The van der Waals surface area contributed by atoms with E-state index in [4.69, 9.17) is 16.7 Å². The van der Waals surface area contributed by atoms with Gasteiger partial charge in [-0.3, -0.25) is 0 Å². The lowest BCUT2D eigenvalue weighted by Gasteiger charge is -1.99. The molecule has 0 saturated carbocycles. The monoisotopic (exact) mass is 192 g/mol. The molecule has 0 heterocycles. The normalized spacial score (nSPS) is 11.0. The molecule has 0 amide bonds. The number of carbonyl (C=O) groups is 2. The fourth-order valence-electron chi connectivity index (χ4n) is 0.431. The van der Waals surface area contributed by atoms with Crippen molar-refractivity contribution in [1.29, 1.82) is 0 Å². The summed E-state index contributed by atoms with van der Waals surface area (Å²) in [5, 5.41) is 7.77. The van der Waals surface area contributed by atoms with E-state index in [2.05, 4.69) is 4.74 Å². The summed E-state index contributed by atoms with van der Waals surface area (Å²) in [6.45, 7) is 2.06. The smallest absolute Gasteiger partial charge is 0.350 e. The SMILES string of the molecule is CCCOC(=O)C(Cl)=CC(=O)O. The number of rotatable bonds is 4. The molecule has 0 unspecified atom stereocenters. The van der Waals surface area contributed by atoms with Gasteiger partial charge in [0, 0.05) is 6.08 Å². The van der Waals surface area contributed by atoms with Gasteiger partial charge in [-0.2, -0.15) is 0 Å². The van der Waals surface area contributed by atoms with Crippen LogP contribution in [0.1, 0.15) is 13.3 Å². The molecule has 0 fully saturated rings. The van der Waals surface area contributed by atoms with Crippen LogP contribution < -0.4 is 0 Å². The van der Waals surface area contributed by atoms with Gasteiger partial charge in [0.25, 0.3) is 0 Å². The van der Waals surface area contributed by atoms with E-state index in [1.165, 1.54) is 0 Å². The zero-order chi connectivity index (χ0) is 9.56. The number of hydrogen-bond acceptors (Lipinski definition) is 3. The maximum atomic E-state index is 10.8. The minimum atomic E-state index is -1.27. The number of halogens is 1. The van der Waals surface area contributed by atoms with Gasteiger partial charge in [-0.25, -0.2) is 9.59 Å². The van der Waals surface area contributed by atoms with Crippen LogP contribution in [0.4, 0.5) is 0 Å². The van der Waals surface area contributed by atoms with Gasteiger partial charge in [0.2, 0.25) is 0 Å². The fraction of sp³-hybridized carbons (Fsp3) is 0.429. The van der Waals surface area contributed by atoms with Crippen LogP contribution in [0.2, 0.25) is 0 Å². The zero-order valence-corrected chi connectivity index (χ0v) is 7.30. The van der Waals surface area contributed by atoms with Gasteiger partial charge in [0.1, 0.15) is 5.03 Å². The van der Waals surface area contributed by atoms with E-state index in [9.17, 15) is 9.59 Å². The molecule has 12 heavy (non-hydrogen) atoms. The van der Waals surface area contributed by atoms with Crippen LogP contribution in [-0.2, 0) is 14.3 Å². The minimum Gasteiger partial charge on any atom is -0.478 e. The first-order chi connectivity index (χ1) is 5.57. The number of ether oxygens (including phenoxy) is 1. The molecule has 0 rings (SSSR count). The highest BCUT2D eigenvalue weighted by Crippen LogP contribution is 2.03. The first kappa shape index (κ1) is 11.0. The second-order valence-corrected chi connectivity index (χ2v) is 2.37. The highest BCUT2D eigenvalue weighted by molar-refractivity contribution is 6.42. The minimum absolute atomic E-state index is 0.239. The van der Waals surface area contributed by atoms with Gasteiger partial charge in [-0.15, -0.1) is 0 Å². The van der Waals surface area contributed by atoms with Crippen molar-refractivity contribution < 1.29 is 19.4 Å². The molecule has 0 aliphatic rings. The lowest BCUT2D eigenvalue weighted by molar-refractivity contribution is -0.139. The molecule has 1 N–H and O–H groups in total. The molecule has 0 aliphatic carbocycles. The summed E-state index contributed by atoms with van der Waals surface area (Å²) in [5.41, 5.74) is 0. The predicted octanol–water partition coefficient (Wildman–Crippen LogP) is 1.15. The van der Waals surface area contributed by atoms with Gasteiger partial charge in [-0.05, 0) is 6.42 Å². The van der Waals surface area contributed by atoms with Gasteiger partial charge in [-0.1, -0.05) is 18.5 Å². The van der Waals surface area contributed by atoms with E-state index < -0.39 is 17.0 Å². The molecule has 0 aromatic carbocycles. The number of esters is 1. The highest BCUT2D eigenvalue weighted by atomic mass is 35.5. The Morgan fingerprint density at radius 1 is 1.58 bits per heavy atom. The van der Waals surface area contributed by atoms with Crippen molar-refractivity contribution in [2.24, 2.45) is 0 Å². The van der Waals surface area contributed by atoms with E-state index in [-0.39, 0.29) is 6.61 Å². The summed E-state index contributed by atoms with van der Waals surface area (Å²) < 4.78 is 4.55. The summed E-state index contributed by atoms with van der Waals surface area (Å²) in [5.74, 6) is -2.07. The topological polar surface area (TPSA) is 63.6 Å². The van der Waals surface area contributed by atoms with Gasteiger partial charge in [0.15, 0.2) is 0 Å². The molecule has 68 valence electrons. The Labute approximate surface area is 74.8 Å². The van der Waals surface area contributed by atoms with Crippen molar-refractivity contribution in [1.82, 2.24) is 0 Å². The third-order valence-electron chi connectivity index (χ3n) is 0.882. The van der Waals surface area contributed by atoms with Gasteiger partial charge >= 0.3 is 11.9 Å². The fourth-order valence-corrected chi connectivity index (χ4v) is 0.579. The lowest BCUT2D eigenvalue weighted by atomic mass is 10.5. The number of carboxylic acid groups (broad SMARTS) is 1. The Balaban J connectivity index is 4.01. The van der Waals surface area contributed by atoms with Gasteiger partial charge < -0.3 is 9.84 Å². The third kappa shape index (κ3) is 4.73. The summed E-state index contributed by atoms with van der Waals surface area (Å²) >= 11 is 5.27. The number of hydrogen-bond donors (Lipinski definition) is 1. The second kappa shape index (κ2) is 5.60. The number of carbonyl (C=O) groups excluding carboxylic acids is 1. The summed E-state index contributed by atoms with van der Waals surface area (Å²) in [6, 6.07) is 0. The second-order valence-electron chi connectivity index (χ2n) is 1.97. The Morgan fingerprint density at radius 3 is 2.58 bits per heavy atom. The van der Waals surface area contributed by atoms with E-state index in [0.29, 0.717) is 12.5 Å². The van der Waals surface area contributed by atoms with Crippen LogP contribution in [0, 0.1) is 0 Å².